The molecule has 0 aliphatic carbocycles. The van der Waals surface area contributed by atoms with Crippen LogP contribution < -0.4 is 10.6 Å². The van der Waals surface area contributed by atoms with Crippen LogP contribution in [0.5, 0.6) is 0 Å². The summed E-state index contributed by atoms with van der Waals surface area (Å²) >= 11 is 3.27. The van der Waals surface area contributed by atoms with Gasteiger partial charge in [0.25, 0.3) is 0 Å². The molecule has 23 heavy (non-hydrogen) atoms. The summed E-state index contributed by atoms with van der Waals surface area (Å²) in [5.74, 6) is 0.424. The van der Waals surface area contributed by atoms with Crippen LogP contribution >= 0.6 is 15.9 Å². The van der Waals surface area contributed by atoms with Gasteiger partial charge in [0, 0.05) is 10.7 Å². The minimum absolute atomic E-state index is 0.212. The fourth-order valence-corrected chi connectivity index (χ4v) is 2.06. The monoisotopic (exact) mass is 379 g/mol. The molecule has 0 fully saturated rings. The van der Waals surface area contributed by atoms with Crippen LogP contribution in [0.25, 0.3) is 0 Å². The van der Waals surface area contributed by atoms with Crippen LogP contribution in [0.1, 0.15) is 5.56 Å². The van der Waals surface area contributed by atoms with Gasteiger partial charge in [0.05, 0.1) is 25.9 Å². The Labute approximate surface area is 143 Å². The number of aliphatic hydroxyl groups excluding tert-OH is 1. The molecule has 0 aliphatic heterocycles. The number of urea groups is 1. The maximum absolute atomic E-state index is 11.9. The summed E-state index contributed by atoms with van der Waals surface area (Å²) in [6, 6.07) is 12.2. The number of carbonyl (C=O) groups is 1. The molecule has 1 atom stereocenters. The van der Waals surface area contributed by atoms with Gasteiger partial charge in [-0.3, -0.25) is 5.32 Å². The standard InChI is InChI=1S/C16H18BrN3O3/c17-13-6-7-15(18-8-13)20-16(22)19-14(9-21)11-23-10-12-4-2-1-3-5-12/h1-8,14,21H,9-11H2,(H2,18,19,20,22)/t14-/m0/s1. The Hall–Kier alpha value is -1.96. The molecule has 3 N–H and O–H groups in total. The zero-order valence-corrected chi connectivity index (χ0v) is 14.0. The molecule has 2 amide bonds. The minimum Gasteiger partial charge on any atom is -0.394 e. The van der Waals surface area contributed by atoms with Gasteiger partial charge in [0.1, 0.15) is 5.82 Å². The van der Waals surface area contributed by atoms with E-state index in [0.29, 0.717) is 12.4 Å². The molecule has 1 heterocycles. The Bertz CT molecular complexity index is 608. The summed E-state index contributed by atoms with van der Waals surface area (Å²) in [5, 5.41) is 14.6. The fraction of sp³-hybridized carbons (Fsp3) is 0.250. The lowest BCUT2D eigenvalue weighted by atomic mass is 10.2. The zero-order valence-electron chi connectivity index (χ0n) is 12.4. The second-order valence-corrected chi connectivity index (χ2v) is 5.76. The van der Waals surface area contributed by atoms with Gasteiger partial charge in [-0.2, -0.15) is 0 Å². The summed E-state index contributed by atoms with van der Waals surface area (Å²) in [4.78, 5) is 15.9. The first kappa shape index (κ1) is 17.4. The van der Waals surface area contributed by atoms with Gasteiger partial charge in [-0.05, 0) is 33.6 Å². The number of hydrogen-bond donors (Lipinski definition) is 3. The fourth-order valence-electron chi connectivity index (χ4n) is 1.82. The molecule has 0 radical (unpaired) electrons. The molecule has 0 spiro atoms. The number of halogens is 1. The normalized spacial score (nSPS) is 11.7. The molecule has 2 aromatic rings. The molecule has 0 saturated carbocycles. The van der Waals surface area contributed by atoms with Crippen molar-refractivity contribution in [1.82, 2.24) is 10.3 Å². The molecule has 0 saturated heterocycles. The molecular weight excluding hydrogens is 362 g/mol. The summed E-state index contributed by atoms with van der Waals surface area (Å²) in [6.07, 6.45) is 1.59. The first-order valence-corrected chi connectivity index (χ1v) is 7.88. The van der Waals surface area contributed by atoms with Crippen LogP contribution in [0.4, 0.5) is 10.6 Å². The quantitative estimate of drug-likeness (QED) is 0.690. The van der Waals surface area contributed by atoms with Crippen LogP contribution in [-0.4, -0.2) is 35.4 Å². The molecule has 0 bridgehead atoms. The number of amides is 2. The number of hydrogen-bond acceptors (Lipinski definition) is 4. The molecule has 1 aromatic heterocycles. The van der Waals surface area contributed by atoms with Crippen molar-refractivity contribution in [2.75, 3.05) is 18.5 Å². The molecular formula is C16H18BrN3O3. The zero-order chi connectivity index (χ0) is 16.5. The number of aromatic nitrogens is 1. The number of anilines is 1. The number of carbonyl (C=O) groups excluding carboxylic acids is 1. The topological polar surface area (TPSA) is 83.5 Å². The van der Waals surface area contributed by atoms with Crippen molar-refractivity contribution in [3.05, 3.63) is 58.7 Å². The van der Waals surface area contributed by atoms with Gasteiger partial charge in [-0.15, -0.1) is 0 Å². The van der Waals surface area contributed by atoms with Crippen LogP contribution in [0.15, 0.2) is 53.1 Å². The van der Waals surface area contributed by atoms with Crippen molar-refractivity contribution in [1.29, 1.82) is 0 Å². The van der Waals surface area contributed by atoms with Gasteiger partial charge < -0.3 is 15.2 Å². The first-order chi connectivity index (χ1) is 11.2. The number of nitrogens with one attached hydrogen (secondary N) is 2. The third-order valence-corrected chi connectivity index (χ3v) is 3.42. The highest BCUT2D eigenvalue weighted by molar-refractivity contribution is 9.10. The molecule has 0 unspecified atom stereocenters. The maximum atomic E-state index is 11.9. The van der Waals surface area contributed by atoms with Gasteiger partial charge >= 0.3 is 6.03 Å². The SMILES string of the molecule is O=C(Nc1ccc(Br)cn1)N[C@@H](CO)COCc1ccccc1. The van der Waals surface area contributed by atoms with Crippen molar-refractivity contribution in [2.24, 2.45) is 0 Å². The lowest BCUT2D eigenvalue weighted by Gasteiger charge is -2.17. The minimum atomic E-state index is -0.492. The Balaban J connectivity index is 1.75. The van der Waals surface area contributed by atoms with Crippen molar-refractivity contribution < 1.29 is 14.6 Å². The number of pyridine rings is 1. The Morgan fingerprint density at radius 2 is 2.04 bits per heavy atom. The van der Waals surface area contributed by atoms with Crippen LogP contribution in [-0.2, 0) is 11.3 Å². The second-order valence-electron chi connectivity index (χ2n) is 4.84. The Kier molecular flexibility index (Phi) is 6.99. The van der Waals surface area contributed by atoms with E-state index in [2.05, 4.69) is 31.5 Å². The third kappa shape index (κ3) is 6.35. The summed E-state index contributed by atoms with van der Waals surface area (Å²) in [5.41, 5.74) is 1.03. The van der Waals surface area contributed by atoms with E-state index >= 15 is 0 Å². The van der Waals surface area contributed by atoms with Gasteiger partial charge in [0.15, 0.2) is 0 Å². The largest absolute Gasteiger partial charge is 0.394 e. The predicted octanol–water partition coefficient (Wildman–Crippen LogP) is 2.54. The summed E-state index contributed by atoms with van der Waals surface area (Å²) in [6.45, 7) is 0.428. The first-order valence-electron chi connectivity index (χ1n) is 7.09. The summed E-state index contributed by atoms with van der Waals surface area (Å²) in [7, 11) is 0. The lowest BCUT2D eigenvalue weighted by Crippen LogP contribution is -2.43. The number of nitrogens with zero attached hydrogens (tertiary/aromatic N) is 1. The number of ether oxygens (including phenoxy) is 1. The number of benzene rings is 1. The average Bonchev–Trinajstić information content (AvgIpc) is 2.57. The van der Waals surface area contributed by atoms with Crippen LogP contribution in [0.3, 0.4) is 0 Å². The lowest BCUT2D eigenvalue weighted by molar-refractivity contribution is 0.0816. The number of aliphatic hydroxyl groups is 1. The van der Waals surface area contributed by atoms with Crippen molar-refractivity contribution in [2.45, 2.75) is 12.6 Å². The van der Waals surface area contributed by atoms with E-state index in [4.69, 9.17) is 4.74 Å². The van der Waals surface area contributed by atoms with E-state index < -0.39 is 12.1 Å². The highest BCUT2D eigenvalue weighted by atomic mass is 79.9. The third-order valence-electron chi connectivity index (χ3n) is 2.96. The number of rotatable bonds is 7. The highest BCUT2D eigenvalue weighted by Gasteiger charge is 2.12. The van der Waals surface area contributed by atoms with Crippen LogP contribution in [0.2, 0.25) is 0 Å². The van der Waals surface area contributed by atoms with Gasteiger partial charge in [-0.25, -0.2) is 9.78 Å². The molecule has 1 aromatic carbocycles. The van der Waals surface area contributed by atoms with Gasteiger partial charge in [0.2, 0.25) is 0 Å². The molecule has 7 heteroatoms. The van der Waals surface area contributed by atoms with Crippen LogP contribution in [0, 0.1) is 0 Å². The smallest absolute Gasteiger partial charge is 0.320 e. The molecule has 2 rings (SSSR count). The van der Waals surface area contributed by atoms with E-state index in [1.54, 1.807) is 18.3 Å². The molecule has 0 aliphatic rings. The molecule has 6 nitrogen and oxygen atoms in total. The summed E-state index contributed by atoms with van der Waals surface area (Å²) < 4.78 is 6.34. The van der Waals surface area contributed by atoms with Crippen molar-refractivity contribution >= 4 is 27.8 Å². The van der Waals surface area contributed by atoms with Gasteiger partial charge in [-0.1, -0.05) is 30.3 Å². The maximum Gasteiger partial charge on any atom is 0.320 e. The Morgan fingerprint density at radius 3 is 2.70 bits per heavy atom. The van der Waals surface area contributed by atoms with E-state index in [1.807, 2.05) is 30.3 Å². The average molecular weight is 380 g/mol. The van der Waals surface area contributed by atoms with Crippen molar-refractivity contribution in [3.8, 4) is 0 Å². The van der Waals surface area contributed by atoms with E-state index in [1.165, 1.54) is 0 Å². The van der Waals surface area contributed by atoms with E-state index in [9.17, 15) is 9.90 Å². The van der Waals surface area contributed by atoms with E-state index in [-0.39, 0.29) is 13.2 Å². The Morgan fingerprint density at radius 1 is 1.26 bits per heavy atom. The van der Waals surface area contributed by atoms with E-state index in [0.717, 1.165) is 10.0 Å². The predicted molar refractivity (Wildman–Crippen MR) is 91.1 cm³/mol. The highest BCUT2D eigenvalue weighted by Crippen LogP contribution is 2.10. The molecule has 122 valence electrons. The second kappa shape index (κ2) is 9.24. The van der Waals surface area contributed by atoms with Crippen molar-refractivity contribution in [3.63, 3.8) is 0 Å².